The van der Waals surface area contributed by atoms with Crippen molar-refractivity contribution in [3.63, 3.8) is 0 Å². The summed E-state index contributed by atoms with van der Waals surface area (Å²) in [6.07, 6.45) is 1.84. The second kappa shape index (κ2) is 11.4. The van der Waals surface area contributed by atoms with E-state index in [1.54, 1.807) is 7.05 Å². The highest BCUT2D eigenvalue weighted by molar-refractivity contribution is 5.66. The molecular weight excluding hydrogens is 168 g/mol. The molecular formula is C9H22N2O2. The maximum Gasteiger partial charge on any atom is 0.303 e. The summed E-state index contributed by atoms with van der Waals surface area (Å²) < 4.78 is 0. The molecule has 0 radical (unpaired) electrons. The zero-order valence-corrected chi connectivity index (χ0v) is 9.05. The Bertz CT molecular complexity index is 118. The molecule has 0 heterocycles. The molecule has 0 aromatic carbocycles. The van der Waals surface area contributed by atoms with E-state index >= 15 is 0 Å². The molecule has 13 heavy (non-hydrogen) atoms. The van der Waals surface area contributed by atoms with E-state index in [0.717, 1.165) is 6.42 Å². The largest absolute Gasteiger partial charge is 0.481 e. The normalized spacial score (nSPS) is 11.4. The van der Waals surface area contributed by atoms with E-state index < -0.39 is 5.97 Å². The molecule has 3 N–H and O–H groups in total. The van der Waals surface area contributed by atoms with Crippen LogP contribution in [0.15, 0.2) is 0 Å². The predicted octanol–water partition coefficient (Wildman–Crippen LogP) is 1.38. The average molecular weight is 190 g/mol. The Morgan fingerprint density at radius 1 is 1.46 bits per heavy atom. The van der Waals surface area contributed by atoms with Crippen LogP contribution in [0.5, 0.6) is 0 Å². The Labute approximate surface area is 80.7 Å². The summed E-state index contributed by atoms with van der Waals surface area (Å²) in [6, 6.07) is 0.260. The molecule has 0 aliphatic heterocycles. The molecule has 0 fully saturated rings. The fourth-order valence-corrected chi connectivity index (χ4v) is 0.880. The molecule has 0 aromatic rings. The van der Waals surface area contributed by atoms with Crippen molar-refractivity contribution in [3.8, 4) is 0 Å². The number of hydrazine groups is 1. The lowest BCUT2D eigenvalue weighted by Crippen LogP contribution is -2.38. The third-order valence-corrected chi connectivity index (χ3v) is 1.55. The van der Waals surface area contributed by atoms with Gasteiger partial charge in [-0.15, -0.1) is 0 Å². The topological polar surface area (TPSA) is 61.4 Å². The smallest absolute Gasteiger partial charge is 0.303 e. The van der Waals surface area contributed by atoms with Crippen molar-refractivity contribution in [1.82, 2.24) is 10.9 Å². The molecule has 0 amide bonds. The monoisotopic (exact) mass is 190 g/mol. The van der Waals surface area contributed by atoms with Crippen LogP contribution in [0.1, 0.15) is 40.0 Å². The minimum Gasteiger partial charge on any atom is -0.481 e. The minimum atomic E-state index is -0.735. The van der Waals surface area contributed by atoms with Gasteiger partial charge in [0.15, 0.2) is 0 Å². The lowest BCUT2D eigenvalue weighted by molar-refractivity contribution is -0.137. The highest BCUT2D eigenvalue weighted by Crippen LogP contribution is 1.99. The Balaban J connectivity index is 0. The third-order valence-electron chi connectivity index (χ3n) is 1.55. The highest BCUT2D eigenvalue weighted by atomic mass is 16.4. The lowest BCUT2D eigenvalue weighted by atomic mass is 10.1. The molecule has 0 aromatic heterocycles. The van der Waals surface area contributed by atoms with Crippen molar-refractivity contribution in [2.75, 3.05) is 7.05 Å². The summed E-state index contributed by atoms with van der Waals surface area (Å²) in [5, 5.41) is 8.38. The number of hydrogen-bond acceptors (Lipinski definition) is 3. The van der Waals surface area contributed by atoms with Crippen molar-refractivity contribution < 1.29 is 9.90 Å². The molecule has 1 atom stereocenters. The quantitative estimate of drug-likeness (QED) is 0.554. The van der Waals surface area contributed by atoms with Gasteiger partial charge in [-0.3, -0.25) is 15.6 Å². The first kappa shape index (κ1) is 14.9. The van der Waals surface area contributed by atoms with Gasteiger partial charge in [-0.05, 0) is 19.9 Å². The standard InChI is InChI=1S/C7H16N2O2.C2H6/c1-3-6(9-8-2)4-5-7(10)11;1-2/h6,8-9H,3-5H2,1-2H3,(H,10,11);1-2H3. The zero-order valence-electron chi connectivity index (χ0n) is 9.05. The van der Waals surface area contributed by atoms with Crippen LogP contribution in [0, 0.1) is 0 Å². The molecule has 0 spiro atoms. The average Bonchev–Trinajstić information content (AvgIpc) is 2.15. The van der Waals surface area contributed by atoms with Crippen molar-refractivity contribution in [2.24, 2.45) is 0 Å². The number of carbonyl (C=O) groups is 1. The van der Waals surface area contributed by atoms with Crippen LogP contribution in [-0.2, 0) is 4.79 Å². The SMILES string of the molecule is CC.CCC(CCC(=O)O)NNC. The maximum absolute atomic E-state index is 10.2. The van der Waals surface area contributed by atoms with Gasteiger partial charge in [0.25, 0.3) is 0 Å². The van der Waals surface area contributed by atoms with E-state index in [1.807, 2.05) is 20.8 Å². The van der Waals surface area contributed by atoms with E-state index in [1.165, 1.54) is 0 Å². The first-order valence-corrected chi connectivity index (χ1v) is 4.84. The number of carboxylic acid groups (broad SMARTS) is 1. The van der Waals surface area contributed by atoms with Gasteiger partial charge in [-0.1, -0.05) is 20.8 Å². The van der Waals surface area contributed by atoms with Crippen LogP contribution in [0.2, 0.25) is 0 Å². The van der Waals surface area contributed by atoms with Crippen LogP contribution in [-0.4, -0.2) is 24.2 Å². The van der Waals surface area contributed by atoms with Crippen molar-refractivity contribution in [1.29, 1.82) is 0 Å². The zero-order chi connectivity index (χ0) is 10.7. The summed E-state index contributed by atoms with van der Waals surface area (Å²) in [5.41, 5.74) is 5.77. The Morgan fingerprint density at radius 2 is 2.00 bits per heavy atom. The van der Waals surface area contributed by atoms with Gasteiger partial charge in [0.1, 0.15) is 0 Å². The Morgan fingerprint density at radius 3 is 2.31 bits per heavy atom. The number of rotatable bonds is 6. The van der Waals surface area contributed by atoms with Gasteiger partial charge in [-0.25, -0.2) is 0 Å². The highest BCUT2D eigenvalue weighted by Gasteiger charge is 2.06. The fraction of sp³-hybridized carbons (Fsp3) is 0.889. The second-order valence-corrected chi connectivity index (χ2v) is 2.43. The van der Waals surface area contributed by atoms with Crippen LogP contribution >= 0.6 is 0 Å². The number of aliphatic carboxylic acids is 1. The van der Waals surface area contributed by atoms with Gasteiger partial charge in [0.05, 0.1) is 0 Å². The van der Waals surface area contributed by atoms with Crippen LogP contribution < -0.4 is 10.9 Å². The molecule has 0 aliphatic carbocycles. The number of carboxylic acids is 1. The summed E-state index contributed by atoms with van der Waals surface area (Å²) >= 11 is 0. The van der Waals surface area contributed by atoms with Crippen molar-refractivity contribution in [3.05, 3.63) is 0 Å². The van der Waals surface area contributed by atoms with Crippen LogP contribution in [0.4, 0.5) is 0 Å². The predicted molar refractivity (Wildman–Crippen MR) is 54.5 cm³/mol. The van der Waals surface area contributed by atoms with Crippen LogP contribution in [0.25, 0.3) is 0 Å². The minimum absolute atomic E-state index is 0.229. The third kappa shape index (κ3) is 11.4. The second-order valence-electron chi connectivity index (χ2n) is 2.43. The molecule has 0 rings (SSSR count). The maximum atomic E-state index is 10.2. The van der Waals surface area contributed by atoms with E-state index in [9.17, 15) is 4.79 Å². The Hall–Kier alpha value is -0.610. The molecule has 0 bridgehead atoms. The van der Waals surface area contributed by atoms with E-state index in [-0.39, 0.29) is 12.5 Å². The van der Waals surface area contributed by atoms with Gasteiger partial charge >= 0.3 is 5.97 Å². The summed E-state index contributed by atoms with van der Waals surface area (Å²) in [5.74, 6) is -0.735. The molecule has 0 saturated heterocycles. The lowest BCUT2D eigenvalue weighted by Gasteiger charge is -2.13. The molecule has 1 unspecified atom stereocenters. The van der Waals surface area contributed by atoms with Crippen molar-refractivity contribution >= 4 is 5.97 Å². The van der Waals surface area contributed by atoms with Gasteiger partial charge in [0.2, 0.25) is 0 Å². The van der Waals surface area contributed by atoms with Gasteiger partial charge in [-0.2, -0.15) is 0 Å². The first-order valence-electron chi connectivity index (χ1n) is 4.84. The molecule has 0 aliphatic rings. The van der Waals surface area contributed by atoms with Crippen LogP contribution in [0.3, 0.4) is 0 Å². The summed E-state index contributed by atoms with van der Waals surface area (Å²) in [6.45, 7) is 6.02. The summed E-state index contributed by atoms with van der Waals surface area (Å²) in [7, 11) is 1.78. The van der Waals surface area contributed by atoms with Gasteiger partial charge < -0.3 is 5.11 Å². The van der Waals surface area contributed by atoms with E-state index in [2.05, 4.69) is 10.9 Å². The van der Waals surface area contributed by atoms with Crippen molar-refractivity contribution in [2.45, 2.75) is 46.1 Å². The number of hydrogen-bond donors (Lipinski definition) is 3. The summed E-state index contributed by atoms with van der Waals surface area (Å²) in [4.78, 5) is 10.2. The Kier molecular flexibility index (Phi) is 13.0. The van der Waals surface area contributed by atoms with Gasteiger partial charge in [0, 0.05) is 12.5 Å². The first-order chi connectivity index (χ1) is 6.20. The molecule has 4 nitrogen and oxygen atoms in total. The molecule has 80 valence electrons. The number of nitrogens with one attached hydrogen (secondary N) is 2. The van der Waals surface area contributed by atoms with E-state index in [4.69, 9.17) is 5.11 Å². The molecule has 4 heteroatoms. The fourth-order valence-electron chi connectivity index (χ4n) is 0.880. The molecule has 0 saturated carbocycles. The van der Waals surface area contributed by atoms with E-state index in [0.29, 0.717) is 6.42 Å².